The predicted molar refractivity (Wildman–Crippen MR) is 129 cm³/mol. The zero-order chi connectivity index (χ0) is 22.5. The van der Waals surface area contributed by atoms with Crippen LogP contribution in [0.15, 0.2) is 52.9 Å². The molecule has 1 heterocycles. The summed E-state index contributed by atoms with van der Waals surface area (Å²) in [5.41, 5.74) is 4.55. The molecule has 0 atom stereocenters. The summed E-state index contributed by atoms with van der Waals surface area (Å²) >= 11 is 1.36. The Morgan fingerprint density at radius 1 is 1.23 bits per heavy atom. The highest BCUT2D eigenvalue weighted by Gasteiger charge is 2.32. The third-order valence-corrected chi connectivity index (χ3v) is 5.93. The molecule has 2 aromatic rings. The number of aryl methyl sites for hydroxylation is 2. The molecule has 0 saturated carbocycles. The van der Waals surface area contributed by atoms with E-state index in [0.29, 0.717) is 41.0 Å². The van der Waals surface area contributed by atoms with Gasteiger partial charge in [0.15, 0.2) is 16.7 Å². The fourth-order valence-corrected chi connectivity index (χ4v) is 4.37. The molecule has 0 aliphatic carbocycles. The molecule has 1 N–H and O–H groups in total. The normalized spacial score (nSPS) is 16.4. The molecule has 1 aliphatic heterocycles. The lowest BCUT2D eigenvalue weighted by Crippen LogP contribution is -2.28. The highest BCUT2D eigenvalue weighted by molar-refractivity contribution is 8.18. The second-order valence-corrected chi connectivity index (χ2v) is 8.31. The minimum atomic E-state index is -0.0761. The van der Waals surface area contributed by atoms with Crippen LogP contribution in [0.2, 0.25) is 0 Å². The van der Waals surface area contributed by atoms with E-state index >= 15 is 0 Å². The van der Waals surface area contributed by atoms with Crippen molar-refractivity contribution < 1.29 is 14.6 Å². The number of phenols is 1. The molecule has 0 spiro atoms. The first-order valence-electron chi connectivity index (χ1n) is 10.3. The van der Waals surface area contributed by atoms with Crippen molar-refractivity contribution in [1.82, 2.24) is 4.90 Å². The van der Waals surface area contributed by atoms with Crippen molar-refractivity contribution in [2.45, 2.75) is 34.1 Å². The van der Waals surface area contributed by atoms with Gasteiger partial charge in [0.2, 0.25) is 0 Å². The van der Waals surface area contributed by atoms with Crippen LogP contribution in [-0.4, -0.2) is 34.2 Å². The lowest BCUT2D eigenvalue weighted by Gasteiger charge is -2.13. The number of aromatic hydroxyl groups is 1. The molecule has 1 fully saturated rings. The zero-order valence-electron chi connectivity index (χ0n) is 18.4. The number of thioether (sulfide) groups is 1. The molecule has 1 saturated heterocycles. The van der Waals surface area contributed by atoms with Gasteiger partial charge in [0, 0.05) is 12.1 Å². The number of hydrogen-bond donors (Lipinski definition) is 1. The smallest absolute Gasteiger partial charge is 0.266 e. The maximum atomic E-state index is 13.0. The van der Waals surface area contributed by atoms with Gasteiger partial charge in [-0.2, -0.15) is 0 Å². The molecule has 0 radical (unpaired) electrons. The molecule has 0 bridgehead atoms. The van der Waals surface area contributed by atoms with Crippen LogP contribution in [-0.2, 0) is 11.2 Å². The minimum Gasteiger partial charge on any atom is -0.504 e. The van der Waals surface area contributed by atoms with E-state index in [1.54, 1.807) is 17.0 Å². The Bertz CT molecular complexity index is 1070. The number of phenolic OH excluding ortho intramolecular Hbond substituents is 1. The average Bonchev–Trinajstić information content (AvgIpc) is 3.02. The van der Waals surface area contributed by atoms with E-state index < -0.39 is 0 Å². The number of allylic oxidation sites excluding steroid dienone is 1. The first-order chi connectivity index (χ1) is 14.9. The molecule has 162 valence electrons. The van der Waals surface area contributed by atoms with Gasteiger partial charge in [-0.1, -0.05) is 18.2 Å². The van der Waals surface area contributed by atoms with Gasteiger partial charge in [-0.25, -0.2) is 4.99 Å². The van der Waals surface area contributed by atoms with E-state index in [1.807, 2.05) is 52.0 Å². The maximum absolute atomic E-state index is 13.0. The van der Waals surface area contributed by atoms with Gasteiger partial charge in [0.25, 0.3) is 5.91 Å². The first-order valence-corrected chi connectivity index (χ1v) is 11.2. The standard InChI is InChI=1S/C25H28N2O3S/c1-6-9-19-13-18(14-21(23(19)28)30-8-3)15-22-24(29)27(7-2)25(31-22)26-20-12-16(4)10-11-17(20)5/h6,10-15,28H,1,7-9H2,2-5H3/b22-15+,26-25?. The number of ether oxygens (including phenoxy) is 1. The van der Waals surface area contributed by atoms with Gasteiger partial charge in [0.1, 0.15) is 0 Å². The van der Waals surface area contributed by atoms with Crippen LogP contribution in [0.5, 0.6) is 11.5 Å². The third kappa shape index (κ3) is 5.02. The number of rotatable bonds is 7. The number of nitrogens with zero attached hydrogens (tertiary/aromatic N) is 2. The van der Waals surface area contributed by atoms with Crippen molar-refractivity contribution in [2.75, 3.05) is 13.2 Å². The molecular formula is C25H28N2O3S. The maximum Gasteiger partial charge on any atom is 0.266 e. The zero-order valence-corrected chi connectivity index (χ0v) is 19.3. The van der Waals surface area contributed by atoms with Gasteiger partial charge in [-0.15, -0.1) is 6.58 Å². The molecule has 6 heteroatoms. The highest BCUT2D eigenvalue weighted by atomic mass is 32.2. The Morgan fingerprint density at radius 2 is 2.00 bits per heavy atom. The summed E-state index contributed by atoms with van der Waals surface area (Å²) in [4.78, 5) is 20.1. The van der Waals surface area contributed by atoms with Gasteiger partial charge in [-0.3, -0.25) is 9.69 Å². The van der Waals surface area contributed by atoms with E-state index in [0.717, 1.165) is 22.4 Å². The van der Waals surface area contributed by atoms with Crippen LogP contribution < -0.4 is 4.74 Å². The second-order valence-electron chi connectivity index (χ2n) is 7.30. The Kier molecular flexibility index (Phi) is 7.23. The number of hydrogen-bond acceptors (Lipinski definition) is 5. The third-order valence-electron chi connectivity index (χ3n) is 4.92. The Hall–Kier alpha value is -2.99. The minimum absolute atomic E-state index is 0.0761. The fourth-order valence-electron chi connectivity index (χ4n) is 3.31. The number of carbonyl (C=O) groups is 1. The molecule has 0 aromatic heterocycles. The summed E-state index contributed by atoms with van der Waals surface area (Å²) in [7, 11) is 0. The second kappa shape index (κ2) is 9.88. The van der Waals surface area contributed by atoms with Crippen molar-refractivity contribution in [1.29, 1.82) is 0 Å². The van der Waals surface area contributed by atoms with Crippen molar-refractivity contribution in [2.24, 2.45) is 4.99 Å². The van der Waals surface area contributed by atoms with Crippen LogP contribution in [0.1, 0.15) is 36.1 Å². The van der Waals surface area contributed by atoms with Crippen molar-refractivity contribution >= 4 is 34.6 Å². The number of amidine groups is 1. The Balaban J connectivity index is 2.01. The summed E-state index contributed by atoms with van der Waals surface area (Å²) < 4.78 is 5.58. The number of aliphatic imine (C=N–C) groups is 1. The van der Waals surface area contributed by atoms with Crippen LogP contribution in [0.3, 0.4) is 0 Å². The SMILES string of the molecule is C=CCc1cc(/C=C2/SC(=Nc3cc(C)ccc3C)N(CC)C2=O)cc(OCC)c1O. The molecule has 3 rings (SSSR count). The van der Waals surface area contributed by atoms with Crippen LogP contribution in [0.4, 0.5) is 5.69 Å². The van der Waals surface area contributed by atoms with Gasteiger partial charge < -0.3 is 9.84 Å². The van der Waals surface area contributed by atoms with Gasteiger partial charge in [-0.05, 0) is 86.8 Å². The molecular weight excluding hydrogens is 408 g/mol. The topological polar surface area (TPSA) is 62.1 Å². The van der Waals surface area contributed by atoms with Gasteiger partial charge >= 0.3 is 0 Å². The quantitative estimate of drug-likeness (QED) is 0.443. The van der Waals surface area contributed by atoms with Crippen LogP contribution >= 0.6 is 11.8 Å². The first kappa shape index (κ1) is 22.7. The summed E-state index contributed by atoms with van der Waals surface area (Å²) in [6.07, 6.45) is 4.06. The largest absolute Gasteiger partial charge is 0.504 e. The molecule has 0 unspecified atom stereocenters. The fraction of sp³-hybridized carbons (Fsp3) is 0.280. The summed E-state index contributed by atoms with van der Waals surface area (Å²) in [5.74, 6) is 0.440. The number of benzene rings is 2. The molecule has 5 nitrogen and oxygen atoms in total. The molecule has 2 aromatic carbocycles. The van der Waals surface area contributed by atoms with E-state index in [-0.39, 0.29) is 11.7 Å². The predicted octanol–water partition coefficient (Wildman–Crippen LogP) is 5.76. The van der Waals surface area contributed by atoms with Crippen molar-refractivity contribution in [3.05, 3.63) is 70.1 Å². The summed E-state index contributed by atoms with van der Waals surface area (Å²) in [6, 6.07) is 9.73. The molecule has 31 heavy (non-hydrogen) atoms. The average molecular weight is 437 g/mol. The summed E-state index contributed by atoms with van der Waals surface area (Å²) in [6.45, 7) is 12.6. The van der Waals surface area contributed by atoms with E-state index in [1.165, 1.54) is 11.8 Å². The molecule has 1 amide bonds. The van der Waals surface area contributed by atoms with Crippen LogP contribution in [0.25, 0.3) is 6.08 Å². The van der Waals surface area contributed by atoms with Crippen molar-refractivity contribution in [3.8, 4) is 11.5 Å². The Labute approximate surface area is 188 Å². The van der Waals surface area contributed by atoms with E-state index in [4.69, 9.17) is 9.73 Å². The van der Waals surface area contributed by atoms with Gasteiger partial charge in [0.05, 0.1) is 17.2 Å². The lowest BCUT2D eigenvalue weighted by atomic mass is 10.1. The van der Waals surface area contributed by atoms with Crippen molar-refractivity contribution in [3.63, 3.8) is 0 Å². The Morgan fingerprint density at radius 3 is 2.68 bits per heavy atom. The number of amides is 1. The number of likely N-dealkylation sites (N-methyl/N-ethyl adjacent to an activating group) is 1. The monoisotopic (exact) mass is 436 g/mol. The highest BCUT2D eigenvalue weighted by Crippen LogP contribution is 2.37. The van der Waals surface area contributed by atoms with E-state index in [9.17, 15) is 9.90 Å². The van der Waals surface area contributed by atoms with Crippen LogP contribution in [0, 0.1) is 13.8 Å². The molecule has 1 aliphatic rings. The van der Waals surface area contributed by atoms with E-state index in [2.05, 4.69) is 12.6 Å². The summed E-state index contributed by atoms with van der Waals surface area (Å²) in [5, 5.41) is 11.1. The number of carbonyl (C=O) groups excluding carboxylic acids is 1. The lowest BCUT2D eigenvalue weighted by molar-refractivity contribution is -0.122.